The molecule has 0 aromatic heterocycles. The quantitative estimate of drug-likeness (QED) is 0.478. The highest BCUT2D eigenvalue weighted by molar-refractivity contribution is 6.29. The van der Waals surface area contributed by atoms with Gasteiger partial charge in [-0.05, 0) is 5.56 Å². The van der Waals surface area contributed by atoms with Crippen LogP contribution in [-0.4, -0.2) is 12.9 Å². The average Bonchev–Trinajstić information content (AvgIpc) is 2.45. The number of hydrogen-bond acceptors (Lipinski definition) is 3. The molecule has 0 amide bonds. The fourth-order valence-corrected chi connectivity index (χ4v) is 1.79. The third-order valence-corrected chi connectivity index (χ3v) is 2.70. The molecule has 0 spiro atoms. The molecular weight excluding hydrogens is 240 g/mol. The molecule has 0 aliphatic carbocycles. The fraction of sp³-hybridized carbons (Fsp3) is 0.0625. The van der Waals surface area contributed by atoms with Crippen LogP contribution in [0, 0.1) is 0 Å². The Bertz CT molecular complexity index is 600. The molecule has 0 aliphatic rings. The predicted molar refractivity (Wildman–Crippen MR) is 71.6 cm³/mol. The summed E-state index contributed by atoms with van der Waals surface area (Å²) >= 11 is 0. The second-order valence-electron chi connectivity index (χ2n) is 3.96. The number of carbonyl (C=O) groups is 1. The molecule has 3 heteroatoms. The van der Waals surface area contributed by atoms with Crippen LogP contribution in [0.25, 0.3) is 5.57 Å². The zero-order chi connectivity index (χ0) is 13.7. The van der Waals surface area contributed by atoms with Crippen LogP contribution in [0.5, 0.6) is 5.75 Å². The number of para-hydroxylation sites is 1. The minimum atomic E-state index is -0.335. The summed E-state index contributed by atoms with van der Waals surface area (Å²) in [5.41, 5.74) is 1.23. The summed E-state index contributed by atoms with van der Waals surface area (Å²) in [5, 5.41) is 11.7. The second kappa shape index (κ2) is 5.87. The van der Waals surface area contributed by atoms with Crippen LogP contribution in [0.3, 0.4) is 0 Å². The van der Waals surface area contributed by atoms with E-state index in [9.17, 15) is 9.90 Å². The van der Waals surface area contributed by atoms with Gasteiger partial charge in [0.2, 0.25) is 0 Å². The minimum absolute atomic E-state index is 0.148. The van der Waals surface area contributed by atoms with Crippen molar-refractivity contribution in [3.05, 3.63) is 72.0 Å². The smallest absolute Gasteiger partial charge is 0.196 e. The Kier molecular flexibility index (Phi) is 3.98. The summed E-state index contributed by atoms with van der Waals surface area (Å²) in [4.78, 5) is 12.4. The van der Waals surface area contributed by atoms with Gasteiger partial charge in [0, 0.05) is 5.56 Å². The third kappa shape index (κ3) is 2.83. The van der Waals surface area contributed by atoms with E-state index in [0.717, 1.165) is 5.56 Å². The predicted octanol–water partition coefficient (Wildman–Crippen LogP) is 2.63. The highest BCUT2D eigenvalue weighted by Gasteiger charge is 2.15. The van der Waals surface area contributed by atoms with Crippen molar-refractivity contribution in [1.29, 1.82) is 0 Å². The van der Waals surface area contributed by atoms with E-state index in [1.165, 1.54) is 25.5 Å². The maximum atomic E-state index is 12.4. The van der Waals surface area contributed by atoms with Gasteiger partial charge in [0.05, 0.1) is 18.9 Å². The highest BCUT2D eigenvalue weighted by atomic mass is 16.5. The fourth-order valence-electron chi connectivity index (χ4n) is 1.79. The number of allylic oxidation sites excluding steroid dienone is 1. The highest BCUT2D eigenvalue weighted by Crippen LogP contribution is 2.23. The molecule has 0 bridgehead atoms. The van der Waals surface area contributed by atoms with Crippen LogP contribution >= 0.6 is 0 Å². The van der Waals surface area contributed by atoms with Gasteiger partial charge in [-0.25, -0.2) is 0 Å². The average molecular weight is 253 g/mol. The monoisotopic (exact) mass is 253 g/mol. The minimum Gasteiger partial charge on any atom is -0.872 e. The van der Waals surface area contributed by atoms with E-state index in [1.807, 2.05) is 18.2 Å². The van der Waals surface area contributed by atoms with E-state index in [4.69, 9.17) is 4.74 Å². The molecule has 2 aromatic carbocycles. The second-order valence-corrected chi connectivity index (χ2v) is 3.96. The van der Waals surface area contributed by atoms with Gasteiger partial charge in [0.1, 0.15) is 0 Å². The van der Waals surface area contributed by atoms with E-state index >= 15 is 0 Å². The van der Waals surface area contributed by atoms with Crippen LogP contribution in [0.4, 0.5) is 0 Å². The number of ketones is 1. The summed E-state index contributed by atoms with van der Waals surface area (Å²) in [6.45, 7) is 0. The molecule has 0 aliphatic heterocycles. The van der Waals surface area contributed by atoms with Crippen molar-refractivity contribution < 1.29 is 14.6 Å². The Morgan fingerprint density at radius 2 is 1.68 bits per heavy atom. The van der Waals surface area contributed by atoms with Crippen molar-refractivity contribution in [2.24, 2.45) is 0 Å². The lowest BCUT2D eigenvalue weighted by molar-refractivity contribution is -0.268. The lowest BCUT2D eigenvalue weighted by atomic mass is 9.97. The Balaban J connectivity index is 2.45. The van der Waals surface area contributed by atoms with Gasteiger partial charge in [-0.1, -0.05) is 60.3 Å². The first kappa shape index (κ1) is 12.9. The zero-order valence-electron chi connectivity index (χ0n) is 10.5. The van der Waals surface area contributed by atoms with Crippen LogP contribution in [-0.2, 0) is 4.74 Å². The van der Waals surface area contributed by atoms with E-state index in [2.05, 4.69) is 0 Å². The molecule has 19 heavy (non-hydrogen) atoms. The number of carbonyl (C=O) groups excluding carboxylic acids is 1. The SMILES string of the molecule is CO/C=C(/C(=O)c1ccccc1[O-])c1ccccc1. The molecule has 96 valence electrons. The molecule has 0 radical (unpaired) electrons. The van der Waals surface area contributed by atoms with Crippen molar-refractivity contribution in [2.75, 3.05) is 7.11 Å². The largest absolute Gasteiger partial charge is 0.872 e. The van der Waals surface area contributed by atoms with Crippen molar-refractivity contribution in [3.63, 3.8) is 0 Å². The number of methoxy groups -OCH3 is 1. The molecule has 0 saturated heterocycles. The summed E-state index contributed by atoms with van der Waals surface area (Å²) in [6.07, 6.45) is 1.37. The van der Waals surface area contributed by atoms with Crippen LogP contribution in [0.15, 0.2) is 60.9 Å². The maximum absolute atomic E-state index is 12.4. The van der Waals surface area contributed by atoms with Crippen LogP contribution in [0.1, 0.15) is 15.9 Å². The number of benzene rings is 2. The normalized spacial score (nSPS) is 11.1. The molecular formula is C16H13O3-. The standard InChI is InChI=1S/C16H14O3/c1-19-11-14(12-7-3-2-4-8-12)16(18)13-9-5-6-10-15(13)17/h2-11,17H,1H3/p-1/b14-11+. The molecule has 0 heterocycles. The third-order valence-electron chi connectivity index (χ3n) is 2.70. The van der Waals surface area contributed by atoms with Gasteiger partial charge in [0.15, 0.2) is 5.78 Å². The van der Waals surface area contributed by atoms with E-state index in [0.29, 0.717) is 5.57 Å². The topological polar surface area (TPSA) is 49.4 Å². The van der Waals surface area contributed by atoms with E-state index < -0.39 is 0 Å². The van der Waals surface area contributed by atoms with E-state index in [1.54, 1.807) is 24.3 Å². The lowest BCUT2D eigenvalue weighted by Crippen LogP contribution is -2.07. The summed E-state index contributed by atoms with van der Waals surface area (Å²) in [5.74, 6) is -0.621. The Morgan fingerprint density at radius 3 is 2.32 bits per heavy atom. The maximum Gasteiger partial charge on any atom is 0.196 e. The number of Topliss-reactive ketones (excluding diaryl/α,β-unsaturated/α-hetero) is 1. The van der Waals surface area contributed by atoms with Crippen molar-refractivity contribution in [2.45, 2.75) is 0 Å². The Hall–Kier alpha value is -2.55. The van der Waals surface area contributed by atoms with Gasteiger partial charge >= 0.3 is 0 Å². The van der Waals surface area contributed by atoms with Gasteiger partial charge in [-0.3, -0.25) is 4.79 Å². The Morgan fingerprint density at radius 1 is 1.05 bits per heavy atom. The van der Waals surface area contributed by atoms with Crippen molar-refractivity contribution >= 4 is 11.4 Å². The lowest BCUT2D eigenvalue weighted by Gasteiger charge is -2.13. The number of ether oxygens (including phenoxy) is 1. The molecule has 0 fully saturated rings. The Labute approximate surface area is 111 Å². The van der Waals surface area contributed by atoms with Crippen molar-refractivity contribution in [1.82, 2.24) is 0 Å². The first-order chi connectivity index (χ1) is 9.24. The van der Waals surface area contributed by atoms with Crippen LogP contribution in [0.2, 0.25) is 0 Å². The molecule has 3 nitrogen and oxygen atoms in total. The number of hydrogen-bond donors (Lipinski definition) is 0. The van der Waals surface area contributed by atoms with Crippen LogP contribution < -0.4 is 5.11 Å². The molecule has 0 N–H and O–H groups in total. The number of rotatable bonds is 4. The molecule has 2 aromatic rings. The van der Waals surface area contributed by atoms with Gasteiger partial charge in [-0.2, -0.15) is 0 Å². The molecule has 0 unspecified atom stereocenters. The van der Waals surface area contributed by atoms with Gasteiger partial charge < -0.3 is 9.84 Å². The molecule has 2 rings (SSSR count). The van der Waals surface area contributed by atoms with Crippen molar-refractivity contribution in [3.8, 4) is 5.75 Å². The van der Waals surface area contributed by atoms with Gasteiger partial charge in [-0.15, -0.1) is 0 Å². The summed E-state index contributed by atoms with van der Waals surface area (Å²) in [6, 6.07) is 15.3. The summed E-state index contributed by atoms with van der Waals surface area (Å²) < 4.78 is 4.96. The first-order valence-corrected chi connectivity index (χ1v) is 5.83. The molecule has 0 atom stereocenters. The van der Waals surface area contributed by atoms with Gasteiger partial charge in [0.25, 0.3) is 0 Å². The molecule has 0 saturated carbocycles. The zero-order valence-corrected chi connectivity index (χ0v) is 10.5. The summed E-state index contributed by atoms with van der Waals surface area (Å²) in [7, 11) is 1.47. The van der Waals surface area contributed by atoms with E-state index in [-0.39, 0.29) is 17.1 Å². The first-order valence-electron chi connectivity index (χ1n) is 5.83.